The molecule has 0 aromatic heterocycles. The summed E-state index contributed by atoms with van der Waals surface area (Å²) in [5.41, 5.74) is 2.81. The Morgan fingerprint density at radius 3 is 2.50 bits per heavy atom. The van der Waals surface area contributed by atoms with Crippen molar-refractivity contribution >= 4 is 24.0 Å². The van der Waals surface area contributed by atoms with Crippen molar-refractivity contribution in [3.8, 4) is 11.5 Å². The molecule has 2 amide bonds. The Hall–Kier alpha value is -3.95. The summed E-state index contributed by atoms with van der Waals surface area (Å²) in [4.78, 5) is 36.4. The first-order valence-corrected chi connectivity index (χ1v) is 10.6. The maximum atomic E-state index is 13.9. The molecule has 0 heterocycles. The van der Waals surface area contributed by atoms with Crippen LogP contribution in [0.15, 0.2) is 47.6 Å². The molecule has 2 aromatic carbocycles. The number of carbonyl (C=O) groups excluding carboxylic acids is 3. The van der Waals surface area contributed by atoms with Gasteiger partial charge in [-0.1, -0.05) is 26.0 Å². The van der Waals surface area contributed by atoms with Crippen LogP contribution in [-0.2, 0) is 14.3 Å². The van der Waals surface area contributed by atoms with Crippen LogP contribution in [0, 0.1) is 11.7 Å². The number of amides is 2. The number of nitrogens with zero attached hydrogens (tertiary/aromatic N) is 1. The van der Waals surface area contributed by atoms with Gasteiger partial charge < -0.3 is 19.5 Å². The highest BCUT2D eigenvalue weighted by atomic mass is 19.1. The predicted molar refractivity (Wildman–Crippen MR) is 123 cm³/mol. The zero-order valence-electron chi connectivity index (χ0n) is 19.5. The molecule has 2 rings (SSSR count). The van der Waals surface area contributed by atoms with Crippen molar-refractivity contribution in [3.63, 3.8) is 0 Å². The van der Waals surface area contributed by atoms with Crippen molar-refractivity contribution in [1.29, 1.82) is 0 Å². The molecule has 1 atom stereocenters. The summed E-state index contributed by atoms with van der Waals surface area (Å²) in [6, 6.07) is 9.44. The molecule has 0 aliphatic heterocycles. The normalized spacial score (nSPS) is 11.7. The van der Waals surface area contributed by atoms with Gasteiger partial charge in [0.05, 0.1) is 25.5 Å². The lowest BCUT2D eigenvalue weighted by atomic mass is 10.0. The van der Waals surface area contributed by atoms with Gasteiger partial charge in [-0.25, -0.2) is 14.6 Å². The number of hydrogen-bond acceptors (Lipinski definition) is 7. The number of carbonyl (C=O) groups is 3. The van der Waals surface area contributed by atoms with E-state index in [0.717, 1.165) is 0 Å². The van der Waals surface area contributed by atoms with E-state index in [1.807, 2.05) is 0 Å². The molecule has 0 radical (unpaired) electrons. The highest BCUT2D eigenvalue weighted by Crippen LogP contribution is 2.27. The van der Waals surface area contributed by atoms with E-state index in [9.17, 15) is 18.8 Å². The van der Waals surface area contributed by atoms with Crippen LogP contribution in [0.5, 0.6) is 11.5 Å². The van der Waals surface area contributed by atoms with E-state index in [0.29, 0.717) is 17.1 Å². The Kier molecular flexibility index (Phi) is 10.0. The van der Waals surface area contributed by atoms with Crippen LogP contribution >= 0.6 is 0 Å². The SMILES string of the molecule is CCOC(=O)COc1ccc(C=NNC(=O)C(NC(=O)c2ccccc2F)C(C)C)cc1OC. The number of esters is 1. The molecule has 9 nitrogen and oxygen atoms in total. The Labute approximate surface area is 197 Å². The van der Waals surface area contributed by atoms with E-state index in [1.165, 1.54) is 37.6 Å². The minimum absolute atomic E-state index is 0.151. The molecule has 0 aliphatic carbocycles. The monoisotopic (exact) mass is 473 g/mol. The number of hydrogen-bond donors (Lipinski definition) is 2. The van der Waals surface area contributed by atoms with Crippen LogP contribution in [0.25, 0.3) is 0 Å². The second kappa shape index (κ2) is 12.9. The lowest BCUT2D eigenvalue weighted by Crippen LogP contribution is -2.48. The smallest absolute Gasteiger partial charge is 0.344 e. The lowest BCUT2D eigenvalue weighted by molar-refractivity contribution is -0.145. The summed E-state index contributed by atoms with van der Waals surface area (Å²) in [5, 5.41) is 6.47. The van der Waals surface area contributed by atoms with Crippen LogP contribution in [0.2, 0.25) is 0 Å². The molecule has 2 N–H and O–H groups in total. The average Bonchev–Trinajstić information content (AvgIpc) is 2.81. The highest BCUT2D eigenvalue weighted by molar-refractivity contribution is 5.98. The van der Waals surface area contributed by atoms with Gasteiger partial charge in [0.2, 0.25) is 0 Å². The zero-order valence-corrected chi connectivity index (χ0v) is 19.5. The molecule has 10 heteroatoms. The summed E-state index contributed by atoms with van der Waals surface area (Å²) < 4.78 is 29.4. The molecule has 0 aliphatic rings. The molecule has 0 spiro atoms. The van der Waals surface area contributed by atoms with Crippen molar-refractivity contribution in [2.45, 2.75) is 26.8 Å². The van der Waals surface area contributed by atoms with E-state index >= 15 is 0 Å². The third-order valence-corrected chi connectivity index (χ3v) is 4.58. The maximum Gasteiger partial charge on any atom is 0.344 e. The van der Waals surface area contributed by atoms with E-state index in [4.69, 9.17) is 14.2 Å². The van der Waals surface area contributed by atoms with Gasteiger partial charge in [-0.2, -0.15) is 5.10 Å². The van der Waals surface area contributed by atoms with Crippen LogP contribution < -0.4 is 20.2 Å². The number of nitrogens with one attached hydrogen (secondary N) is 2. The second-order valence-corrected chi connectivity index (χ2v) is 7.41. The fourth-order valence-corrected chi connectivity index (χ4v) is 2.86. The summed E-state index contributed by atoms with van der Waals surface area (Å²) in [6.07, 6.45) is 1.38. The van der Waals surface area contributed by atoms with Crippen LogP contribution in [-0.4, -0.2) is 50.4 Å². The zero-order chi connectivity index (χ0) is 25.1. The first kappa shape index (κ1) is 26.3. The van der Waals surface area contributed by atoms with E-state index < -0.39 is 29.6 Å². The fourth-order valence-electron chi connectivity index (χ4n) is 2.86. The second-order valence-electron chi connectivity index (χ2n) is 7.41. The Bertz CT molecular complexity index is 1040. The van der Waals surface area contributed by atoms with Crippen molar-refractivity contribution < 1.29 is 33.0 Å². The molecular formula is C24H28FN3O6. The van der Waals surface area contributed by atoms with Gasteiger partial charge in [-0.05, 0) is 48.7 Å². The summed E-state index contributed by atoms with van der Waals surface area (Å²) in [7, 11) is 1.45. The third-order valence-electron chi connectivity index (χ3n) is 4.58. The number of benzene rings is 2. The van der Waals surface area contributed by atoms with E-state index in [2.05, 4.69) is 15.8 Å². The van der Waals surface area contributed by atoms with Crippen LogP contribution in [0.4, 0.5) is 4.39 Å². The molecule has 1 unspecified atom stereocenters. The van der Waals surface area contributed by atoms with Gasteiger partial charge in [0, 0.05) is 0 Å². The van der Waals surface area contributed by atoms with Gasteiger partial charge in [-0.15, -0.1) is 0 Å². The predicted octanol–water partition coefficient (Wildman–Crippen LogP) is 2.68. The average molecular weight is 474 g/mol. The molecule has 34 heavy (non-hydrogen) atoms. The van der Waals surface area contributed by atoms with Gasteiger partial charge >= 0.3 is 5.97 Å². The van der Waals surface area contributed by atoms with Crippen LogP contribution in [0.3, 0.4) is 0 Å². The first-order valence-electron chi connectivity index (χ1n) is 10.6. The molecule has 182 valence electrons. The Morgan fingerprint density at radius 1 is 1.12 bits per heavy atom. The Balaban J connectivity index is 2.01. The van der Waals surface area contributed by atoms with E-state index in [-0.39, 0.29) is 24.7 Å². The molecule has 0 saturated carbocycles. The van der Waals surface area contributed by atoms with Crippen molar-refractivity contribution in [3.05, 3.63) is 59.4 Å². The lowest BCUT2D eigenvalue weighted by Gasteiger charge is -2.20. The van der Waals surface area contributed by atoms with Crippen molar-refractivity contribution in [1.82, 2.24) is 10.7 Å². The number of hydrazone groups is 1. The maximum absolute atomic E-state index is 13.9. The summed E-state index contributed by atoms with van der Waals surface area (Å²) in [5.74, 6) is -2.01. The molecule has 0 saturated heterocycles. The van der Waals surface area contributed by atoms with Crippen molar-refractivity contribution in [2.24, 2.45) is 11.0 Å². The third kappa shape index (κ3) is 7.58. The van der Waals surface area contributed by atoms with Gasteiger partial charge in [-0.3, -0.25) is 9.59 Å². The molecule has 0 bridgehead atoms. The number of halogens is 1. The summed E-state index contributed by atoms with van der Waals surface area (Å²) in [6.45, 7) is 5.19. The molecule has 2 aromatic rings. The standard InChI is InChI=1S/C24H28FN3O6/c1-5-33-21(29)14-34-19-11-10-16(12-20(19)32-4)13-26-28-24(31)22(15(2)3)27-23(30)17-8-6-7-9-18(17)25/h6-13,15,22H,5,14H2,1-4H3,(H,27,30)(H,28,31). The van der Waals surface area contributed by atoms with Gasteiger partial charge in [0.25, 0.3) is 11.8 Å². The topological polar surface area (TPSA) is 115 Å². The number of rotatable bonds is 11. The van der Waals surface area contributed by atoms with Gasteiger partial charge in [0.15, 0.2) is 18.1 Å². The highest BCUT2D eigenvalue weighted by Gasteiger charge is 2.25. The van der Waals surface area contributed by atoms with Crippen molar-refractivity contribution in [2.75, 3.05) is 20.3 Å². The Morgan fingerprint density at radius 2 is 1.85 bits per heavy atom. The first-order chi connectivity index (χ1) is 16.3. The minimum atomic E-state index is -0.933. The fraction of sp³-hybridized carbons (Fsp3) is 0.333. The van der Waals surface area contributed by atoms with Crippen LogP contribution in [0.1, 0.15) is 36.7 Å². The largest absolute Gasteiger partial charge is 0.493 e. The summed E-state index contributed by atoms with van der Waals surface area (Å²) >= 11 is 0. The molecule has 0 fully saturated rings. The number of methoxy groups -OCH3 is 1. The molecular weight excluding hydrogens is 445 g/mol. The number of ether oxygens (including phenoxy) is 3. The van der Waals surface area contributed by atoms with Gasteiger partial charge in [0.1, 0.15) is 11.9 Å². The van der Waals surface area contributed by atoms with E-state index in [1.54, 1.807) is 39.0 Å². The quantitative estimate of drug-likeness (QED) is 0.295. The minimum Gasteiger partial charge on any atom is -0.493 e.